The van der Waals surface area contributed by atoms with Crippen LogP contribution in [-0.4, -0.2) is 65.0 Å². The number of aryl methyl sites for hydroxylation is 1. The predicted octanol–water partition coefficient (Wildman–Crippen LogP) is 4.46. The molecule has 0 bridgehead atoms. The van der Waals surface area contributed by atoms with Crippen LogP contribution >= 0.6 is 0 Å². The Morgan fingerprint density at radius 3 is 2.67 bits per heavy atom. The van der Waals surface area contributed by atoms with Gasteiger partial charge in [-0.1, -0.05) is 67.5 Å². The Balaban J connectivity index is 1.31. The predicted molar refractivity (Wildman–Crippen MR) is 152 cm³/mol. The lowest BCUT2D eigenvalue weighted by Gasteiger charge is -2.39. The number of carbonyl (C=O) groups is 1. The highest BCUT2D eigenvalue weighted by molar-refractivity contribution is 6.74. The summed E-state index contributed by atoms with van der Waals surface area (Å²) in [7, 11) is -1.98. The number of benzene rings is 1. The van der Waals surface area contributed by atoms with Crippen molar-refractivity contribution in [1.82, 2.24) is 30.5 Å². The standard InChI is InChI=1S/C28H40N6O5Si/c1-7-36-26-16-13-22(23(38-26)19-37-40(5,6)28(2,3)4)34-18-21(31-33-34)17-29-24(35)14-15-25-30-27(32-39-25)20-11-9-8-10-12-20/h8-13,16,18,22-23,26H,7,14-15,17,19H2,1-6H3,(H,29,35)/t22-,23+,26-/m0/s1. The Kier molecular flexibility index (Phi) is 9.67. The maximum Gasteiger partial charge on any atom is 0.227 e. The van der Waals surface area contributed by atoms with E-state index in [1.54, 1.807) is 4.68 Å². The summed E-state index contributed by atoms with van der Waals surface area (Å²) in [6.45, 7) is 14.2. The molecule has 12 heteroatoms. The molecule has 1 aliphatic rings. The van der Waals surface area contributed by atoms with Crippen molar-refractivity contribution in [3.8, 4) is 11.4 Å². The van der Waals surface area contributed by atoms with Crippen molar-refractivity contribution in [2.75, 3.05) is 13.2 Å². The molecule has 0 saturated carbocycles. The van der Waals surface area contributed by atoms with Crippen molar-refractivity contribution < 1.29 is 23.2 Å². The molecular formula is C28H40N6O5Si. The Morgan fingerprint density at radius 2 is 1.95 bits per heavy atom. The average molecular weight is 569 g/mol. The van der Waals surface area contributed by atoms with Gasteiger partial charge >= 0.3 is 0 Å². The zero-order valence-electron chi connectivity index (χ0n) is 24.2. The highest BCUT2D eigenvalue weighted by Gasteiger charge is 2.39. The number of ether oxygens (including phenoxy) is 2. The van der Waals surface area contributed by atoms with Gasteiger partial charge in [0.2, 0.25) is 17.6 Å². The number of aromatic nitrogens is 5. The first-order valence-corrected chi connectivity index (χ1v) is 16.6. The summed E-state index contributed by atoms with van der Waals surface area (Å²) in [5.74, 6) is 0.782. The molecule has 3 heterocycles. The molecule has 1 N–H and O–H groups in total. The normalized spacial score (nSPS) is 19.6. The fourth-order valence-electron chi connectivity index (χ4n) is 3.89. The Morgan fingerprint density at radius 1 is 1.18 bits per heavy atom. The quantitative estimate of drug-likeness (QED) is 0.249. The van der Waals surface area contributed by atoms with Crippen LogP contribution in [0.25, 0.3) is 11.4 Å². The van der Waals surface area contributed by atoms with E-state index in [9.17, 15) is 4.79 Å². The van der Waals surface area contributed by atoms with Crippen molar-refractivity contribution >= 4 is 14.2 Å². The Bertz CT molecular complexity index is 1270. The van der Waals surface area contributed by atoms with E-state index in [-0.39, 0.29) is 36.1 Å². The number of hydrogen-bond acceptors (Lipinski definition) is 9. The first kappa shape index (κ1) is 29.8. The third kappa shape index (κ3) is 7.72. The fraction of sp³-hybridized carbons (Fsp3) is 0.536. The highest BCUT2D eigenvalue weighted by atomic mass is 28.4. The van der Waals surface area contributed by atoms with Gasteiger partial charge in [0.25, 0.3) is 0 Å². The molecule has 0 unspecified atom stereocenters. The summed E-state index contributed by atoms with van der Waals surface area (Å²) in [5.41, 5.74) is 1.51. The molecule has 0 saturated heterocycles. The topological polar surface area (TPSA) is 126 Å². The molecule has 1 aliphatic heterocycles. The molecule has 3 aromatic rings. The van der Waals surface area contributed by atoms with Crippen molar-refractivity contribution in [3.63, 3.8) is 0 Å². The van der Waals surface area contributed by atoms with Crippen LogP contribution < -0.4 is 5.32 Å². The lowest BCUT2D eigenvalue weighted by molar-refractivity contribution is -0.164. The van der Waals surface area contributed by atoms with Crippen LogP contribution in [0.4, 0.5) is 0 Å². The molecule has 1 amide bonds. The zero-order valence-corrected chi connectivity index (χ0v) is 25.2. The highest BCUT2D eigenvalue weighted by Crippen LogP contribution is 2.37. The van der Waals surface area contributed by atoms with E-state index in [4.69, 9.17) is 18.4 Å². The molecule has 0 aliphatic carbocycles. The largest absolute Gasteiger partial charge is 0.414 e. The molecule has 216 valence electrons. The molecule has 0 spiro atoms. The number of hydrogen-bond donors (Lipinski definition) is 1. The van der Waals surface area contributed by atoms with E-state index >= 15 is 0 Å². The lowest BCUT2D eigenvalue weighted by atomic mass is 10.1. The molecule has 4 rings (SSSR count). The summed E-state index contributed by atoms with van der Waals surface area (Å²) in [6, 6.07) is 9.35. The third-order valence-electron chi connectivity index (χ3n) is 7.30. The van der Waals surface area contributed by atoms with E-state index in [0.717, 1.165) is 5.56 Å². The number of rotatable bonds is 12. The van der Waals surface area contributed by atoms with Crippen LogP contribution in [0, 0.1) is 0 Å². The minimum Gasteiger partial charge on any atom is -0.414 e. The van der Waals surface area contributed by atoms with Gasteiger partial charge in [-0.05, 0) is 31.1 Å². The number of nitrogens with one attached hydrogen (secondary N) is 1. The molecule has 3 atom stereocenters. The van der Waals surface area contributed by atoms with Gasteiger partial charge in [-0.3, -0.25) is 4.79 Å². The number of carbonyl (C=O) groups excluding carboxylic acids is 1. The minimum atomic E-state index is -1.98. The number of nitrogens with zero attached hydrogens (tertiary/aromatic N) is 5. The van der Waals surface area contributed by atoms with E-state index in [1.807, 2.05) is 55.6 Å². The molecule has 0 fully saturated rings. The van der Waals surface area contributed by atoms with Crippen molar-refractivity contribution in [3.05, 3.63) is 60.3 Å². The van der Waals surface area contributed by atoms with E-state index in [1.165, 1.54) is 0 Å². The summed E-state index contributed by atoms with van der Waals surface area (Å²) < 4.78 is 25.4. The van der Waals surface area contributed by atoms with Crippen LogP contribution in [0.3, 0.4) is 0 Å². The second-order valence-corrected chi connectivity index (χ2v) is 16.1. The lowest BCUT2D eigenvalue weighted by Crippen LogP contribution is -2.46. The van der Waals surface area contributed by atoms with E-state index in [0.29, 0.717) is 37.0 Å². The third-order valence-corrected chi connectivity index (χ3v) is 11.8. The summed E-state index contributed by atoms with van der Waals surface area (Å²) in [5, 5.41) is 15.5. The molecule has 0 radical (unpaired) electrons. The van der Waals surface area contributed by atoms with Gasteiger partial charge in [0.05, 0.1) is 19.3 Å². The van der Waals surface area contributed by atoms with Gasteiger partial charge in [-0.15, -0.1) is 5.10 Å². The average Bonchev–Trinajstić information content (AvgIpc) is 3.60. The molecule has 1 aromatic carbocycles. The second kappa shape index (κ2) is 13.0. The smallest absolute Gasteiger partial charge is 0.227 e. The summed E-state index contributed by atoms with van der Waals surface area (Å²) in [4.78, 5) is 16.8. The van der Waals surface area contributed by atoms with Crippen LogP contribution in [0.1, 0.15) is 51.7 Å². The van der Waals surface area contributed by atoms with Gasteiger partial charge in [-0.25, -0.2) is 4.68 Å². The van der Waals surface area contributed by atoms with E-state index in [2.05, 4.69) is 59.6 Å². The van der Waals surface area contributed by atoms with Gasteiger partial charge < -0.3 is 23.7 Å². The van der Waals surface area contributed by atoms with Crippen LogP contribution in [0.2, 0.25) is 18.1 Å². The molecule has 2 aromatic heterocycles. The maximum atomic E-state index is 12.5. The first-order chi connectivity index (χ1) is 19.1. The molecule has 11 nitrogen and oxygen atoms in total. The number of amides is 1. The van der Waals surface area contributed by atoms with Crippen LogP contribution in [0.15, 0.2) is 53.2 Å². The molecular weight excluding hydrogens is 528 g/mol. The Labute approximate surface area is 236 Å². The van der Waals surface area contributed by atoms with Crippen molar-refractivity contribution in [2.45, 2.75) is 83.6 Å². The fourth-order valence-corrected chi connectivity index (χ4v) is 4.90. The van der Waals surface area contributed by atoms with E-state index < -0.39 is 14.6 Å². The van der Waals surface area contributed by atoms with Gasteiger partial charge in [0.15, 0.2) is 14.6 Å². The summed E-state index contributed by atoms with van der Waals surface area (Å²) in [6.07, 6.45) is 5.57. The monoisotopic (exact) mass is 568 g/mol. The van der Waals surface area contributed by atoms with Crippen LogP contribution in [0.5, 0.6) is 0 Å². The SMILES string of the molecule is CCO[C@@H]1C=C[C@H](n2cc(CNC(=O)CCc3nc(-c4ccccc4)no3)nn2)[C@@H](CO[Si](C)(C)C(C)(C)C)O1. The van der Waals surface area contributed by atoms with Crippen molar-refractivity contribution in [1.29, 1.82) is 0 Å². The van der Waals surface area contributed by atoms with Gasteiger partial charge in [-0.2, -0.15) is 4.98 Å². The second-order valence-electron chi connectivity index (χ2n) is 11.3. The zero-order chi connectivity index (χ0) is 28.8. The summed E-state index contributed by atoms with van der Waals surface area (Å²) >= 11 is 0. The van der Waals surface area contributed by atoms with Gasteiger partial charge in [0, 0.05) is 25.0 Å². The van der Waals surface area contributed by atoms with Gasteiger partial charge in [0.1, 0.15) is 17.8 Å². The molecule has 40 heavy (non-hydrogen) atoms. The van der Waals surface area contributed by atoms with Crippen molar-refractivity contribution in [2.24, 2.45) is 0 Å². The first-order valence-electron chi connectivity index (χ1n) is 13.7. The maximum absolute atomic E-state index is 12.5. The van der Waals surface area contributed by atoms with Crippen LogP contribution in [-0.2, 0) is 31.7 Å². The Hall–Kier alpha value is -3.19. The minimum absolute atomic E-state index is 0.0820.